The number of rotatable bonds is 2. The number of carbonyl (C=O) groups is 1. The second kappa shape index (κ2) is 4.12. The maximum atomic E-state index is 11.9. The molecule has 0 aromatic heterocycles. The van der Waals surface area contributed by atoms with Crippen LogP contribution in [0.1, 0.15) is 46.0 Å². The van der Waals surface area contributed by atoms with Crippen molar-refractivity contribution < 1.29 is 9.53 Å². The Morgan fingerprint density at radius 3 is 2.73 bits per heavy atom. The van der Waals surface area contributed by atoms with E-state index in [-0.39, 0.29) is 17.4 Å². The topological polar surface area (TPSA) is 38.3 Å². The van der Waals surface area contributed by atoms with Gasteiger partial charge >= 0.3 is 5.97 Å². The Morgan fingerprint density at radius 1 is 1.47 bits per heavy atom. The van der Waals surface area contributed by atoms with Gasteiger partial charge in [0.05, 0.1) is 12.5 Å². The van der Waals surface area contributed by atoms with E-state index in [1.807, 2.05) is 6.92 Å². The van der Waals surface area contributed by atoms with Gasteiger partial charge in [-0.15, -0.1) is 0 Å². The monoisotopic (exact) mass is 211 g/mol. The first-order valence-electron chi connectivity index (χ1n) is 6.12. The van der Waals surface area contributed by atoms with Gasteiger partial charge in [-0.05, 0) is 33.1 Å². The van der Waals surface area contributed by atoms with Crippen LogP contribution >= 0.6 is 0 Å². The molecule has 0 bridgehead atoms. The molecule has 0 unspecified atom stereocenters. The number of ether oxygens (including phenoxy) is 1. The van der Waals surface area contributed by atoms with Crippen LogP contribution < -0.4 is 5.32 Å². The van der Waals surface area contributed by atoms with Gasteiger partial charge < -0.3 is 10.1 Å². The van der Waals surface area contributed by atoms with Crippen molar-refractivity contribution in [2.75, 3.05) is 6.61 Å². The van der Waals surface area contributed by atoms with E-state index in [0.29, 0.717) is 12.6 Å². The number of hydrogen-bond acceptors (Lipinski definition) is 3. The zero-order chi connectivity index (χ0) is 10.9. The molecule has 2 atom stereocenters. The molecule has 0 amide bonds. The molecule has 1 aliphatic heterocycles. The van der Waals surface area contributed by atoms with Crippen molar-refractivity contribution >= 4 is 5.97 Å². The number of carbonyl (C=O) groups excluding carboxylic acids is 1. The predicted octanol–water partition coefficient (Wildman–Crippen LogP) is 1.86. The minimum Gasteiger partial charge on any atom is -0.466 e. The summed E-state index contributed by atoms with van der Waals surface area (Å²) in [4.78, 5) is 11.9. The molecule has 1 heterocycles. The third kappa shape index (κ3) is 1.89. The van der Waals surface area contributed by atoms with Gasteiger partial charge in [-0.3, -0.25) is 4.79 Å². The molecule has 0 aromatic rings. The van der Waals surface area contributed by atoms with Crippen molar-refractivity contribution in [3.63, 3.8) is 0 Å². The molecule has 0 radical (unpaired) electrons. The maximum Gasteiger partial charge on any atom is 0.310 e. The predicted molar refractivity (Wildman–Crippen MR) is 58.5 cm³/mol. The highest BCUT2D eigenvalue weighted by Gasteiger charge is 2.50. The van der Waals surface area contributed by atoms with Crippen molar-refractivity contribution in [2.24, 2.45) is 5.92 Å². The minimum atomic E-state index is 0.0104. The molecule has 2 aliphatic rings. The minimum absolute atomic E-state index is 0.0104. The lowest BCUT2D eigenvalue weighted by Crippen LogP contribution is -2.46. The van der Waals surface area contributed by atoms with E-state index in [2.05, 4.69) is 12.2 Å². The SMILES string of the molecule is CCOC(=O)[C@@H]1C[C@H](C)NC12CCCC2. The first-order valence-corrected chi connectivity index (χ1v) is 6.12. The van der Waals surface area contributed by atoms with Crippen LogP contribution in [0.2, 0.25) is 0 Å². The highest BCUT2D eigenvalue weighted by atomic mass is 16.5. The first kappa shape index (κ1) is 10.9. The highest BCUT2D eigenvalue weighted by Crippen LogP contribution is 2.43. The Bertz CT molecular complexity index is 246. The number of hydrogen-bond donors (Lipinski definition) is 1. The Hall–Kier alpha value is -0.570. The van der Waals surface area contributed by atoms with Gasteiger partial charge in [0.15, 0.2) is 0 Å². The fraction of sp³-hybridized carbons (Fsp3) is 0.917. The summed E-state index contributed by atoms with van der Waals surface area (Å²) >= 11 is 0. The fourth-order valence-corrected chi connectivity index (χ4v) is 3.29. The summed E-state index contributed by atoms with van der Waals surface area (Å²) in [5.74, 6) is 0.103. The summed E-state index contributed by atoms with van der Waals surface area (Å²) in [6.07, 6.45) is 5.71. The quantitative estimate of drug-likeness (QED) is 0.708. The van der Waals surface area contributed by atoms with Gasteiger partial charge in [0.1, 0.15) is 0 Å². The molecule has 1 aliphatic carbocycles. The Morgan fingerprint density at radius 2 is 2.13 bits per heavy atom. The molecule has 3 nitrogen and oxygen atoms in total. The molecule has 2 fully saturated rings. The summed E-state index contributed by atoms with van der Waals surface area (Å²) < 4.78 is 5.18. The van der Waals surface area contributed by atoms with Gasteiger partial charge in [-0.1, -0.05) is 12.8 Å². The zero-order valence-electron chi connectivity index (χ0n) is 9.71. The van der Waals surface area contributed by atoms with Crippen LogP contribution in [-0.2, 0) is 9.53 Å². The number of esters is 1. The molecule has 1 spiro atoms. The van der Waals surface area contributed by atoms with Crippen LogP contribution in [0.25, 0.3) is 0 Å². The molecule has 1 saturated carbocycles. The van der Waals surface area contributed by atoms with Gasteiger partial charge in [0.25, 0.3) is 0 Å². The van der Waals surface area contributed by atoms with Crippen molar-refractivity contribution in [2.45, 2.75) is 57.5 Å². The summed E-state index contributed by atoms with van der Waals surface area (Å²) in [6.45, 7) is 4.55. The van der Waals surface area contributed by atoms with Gasteiger partial charge in [-0.25, -0.2) is 0 Å². The summed E-state index contributed by atoms with van der Waals surface area (Å²) in [7, 11) is 0. The van der Waals surface area contributed by atoms with Crippen molar-refractivity contribution in [1.82, 2.24) is 5.32 Å². The Kier molecular flexibility index (Phi) is 3.01. The van der Waals surface area contributed by atoms with Crippen molar-refractivity contribution in [3.05, 3.63) is 0 Å². The molecule has 1 saturated heterocycles. The van der Waals surface area contributed by atoms with Crippen molar-refractivity contribution in [1.29, 1.82) is 0 Å². The molecule has 3 heteroatoms. The molecular weight excluding hydrogens is 190 g/mol. The van der Waals surface area contributed by atoms with Crippen LogP contribution in [0.15, 0.2) is 0 Å². The first-order chi connectivity index (χ1) is 7.18. The van der Waals surface area contributed by atoms with Crippen LogP contribution in [0, 0.1) is 5.92 Å². The second-order valence-corrected chi connectivity index (χ2v) is 4.95. The zero-order valence-corrected chi connectivity index (χ0v) is 9.71. The van der Waals surface area contributed by atoms with Crippen LogP contribution in [-0.4, -0.2) is 24.2 Å². The average molecular weight is 211 g/mol. The third-order valence-corrected chi connectivity index (χ3v) is 3.86. The summed E-state index contributed by atoms with van der Waals surface area (Å²) in [6, 6.07) is 0.456. The van der Waals surface area contributed by atoms with Gasteiger partial charge in [-0.2, -0.15) is 0 Å². The Labute approximate surface area is 91.6 Å². The summed E-state index contributed by atoms with van der Waals surface area (Å²) in [5, 5.41) is 3.62. The van der Waals surface area contributed by atoms with E-state index in [9.17, 15) is 4.79 Å². The number of nitrogens with one attached hydrogen (secondary N) is 1. The molecule has 1 N–H and O–H groups in total. The molecule has 86 valence electrons. The van der Waals surface area contributed by atoms with E-state index in [4.69, 9.17) is 4.74 Å². The van der Waals surface area contributed by atoms with E-state index in [0.717, 1.165) is 19.3 Å². The van der Waals surface area contributed by atoms with Crippen LogP contribution in [0.5, 0.6) is 0 Å². The maximum absolute atomic E-state index is 11.9. The fourth-order valence-electron chi connectivity index (χ4n) is 3.29. The largest absolute Gasteiger partial charge is 0.466 e. The molecular formula is C12H21NO2. The lowest BCUT2D eigenvalue weighted by atomic mass is 9.84. The van der Waals surface area contributed by atoms with Gasteiger partial charge in [0.2, 0.25) is 0 Å². The molecule has 0 aromatic carbocycles. The third-order valence-electron chi connectivity index (χ3n) is 3.86. The molecule has 15 heavy (non-hydrogen) atoms. The lowest BCUT2D eigenvalue weighted by molar-refractivity contribution is -0.149. The summed E-state index contributed by atoms with van der Waals surface area (Å²) in [5.41, 5.74) is 0.0751. The average Bonchev–Trinajstić information content (AvgIpc) is 2.75. The van der Waals surface area contributed by atoms with Crippen LogP contribution in [0.4, 0.5) is 0 Å². The van der Waals surface area contributed by atoms with E-state index in [1.54, 1.807) is 0 Å². The molecule has 2 rings (SSSR count). The standard InChI is InChI=1S/C12H21NO2/c1-3-15-11(14)10-8-9(2)13-12(10)6-4-5-7-12/h9-10,13H,3-8H2,1-2H3/t9-,10-/m0/s1. The van der Waals surface area contributed by atoms with E-state index in [1.165, 1.54) is 12.8 Å². The van der Waals surface area contributed by atoms with Crippen molar-refractivity contribution in [3.8, 4) is 0 Å². The normalized spacial score (nSPS) is 33.5. The van der Waals surface area contributed by atoms with E-state index >= 15 is 0 Å². The second-order valence-electron chi connectivity index (χ2n) is 4.95. The van der Waals surface area contributed by atoms with Crippen LogP contribution in [0.3, 0.4) is 0 Å². The lowest BCUT2D eigenvalue weighted by Gasteiger charge is -2.29. The smallest absolute Gasteiger partial charge is 0.310 e. The Balaban J connectivity index is 2.11. The van der Waals surface area contributed by atoms with Gasteiger partial charge in [0, 0.05) is 11.6 Å². The highest BCUT2D eigenvalue weighted by molar-refractivity contribution is 5.75. The van der Waals surface area contributed by atoms with E-state index < -0.39 is 0 Å².